The summed E-state index contributed by atoms with van der Waals surface area (Å²) in [4.78, 5) is 38.9. The van der Waals surface area contributed by atoms with E-state index in [1.807, 2.05) is 30.3 Å². The molecule has 0 aromatic heterocycles. The fourth-order valence-electron chi connectivity index (χ4n) is 6.68. The van der Waals surface area contributed by atoms with Gasteiger partial charge < -0.3 is 20.1 Å². The molecule has 5 rings (SSSR count). The maximum atomic E-state index is 13.5. The van der Waals surface area contributed by atoms with Gasteiger partial charge in [-0.1, -0.05) is 55.0 Å². The van der Waals surface area contributed by atoms with Crippen molar-refractivity contribution in [2.45, 2.75) is 51.0 Å². The molecular weight excluding hydrogens is 522 g/mol. The number of imide groups is 1. The number of amides is 2. The van der Waals surface area contributed by atoms with Gasteiger partial charge in [0, 0.05) is 18.9 Å². The van der Waals surface area contributed by atoms with Crippen LogP contribution in [0.15, 0.2) is 65.7 Å². The first-order chi connectivity index (χ1) is 19.9. The number of carboxylic acid groups (broad SMARTS) is 1. The summed E-state index contributed by atoms with van der Waals surface area (Å²) >= 11 is 0. The fourth-order valence-corrected chi connectivity index (χ4v) is 6.68. The Morgan fingerprint density at radius 3 is 2.51 bits per heavy atom. The van der Waals surface area contributed by atoms with E-state index in [4.69, 9.17) is 9.84 Å². The number of aromatic hydroxyl groups is 1. The lowest BCUT2D eigenvalue weighted by Gasteiger charge is -2.31. The zero-order valence-corrected chi connectivity index (χ0v) is 23.1. The number of likely N-dealkylation sites (tertiary alicyclic amines) is 1. The van der Waals surface area contributed by atoms with Crippen LogP contribution in [0.25, 0.3) is 11.6 Å². The number of carbonyl (C=O) groups excluding carboxylic acids is 2. The molecule has 0 bridgehead atoms. The number of hydrogen-bond donors (Lipinski definition) is 3. The summed E-state index contributed by atoms with van der Waals surface area (Å²) in [5.74, 6) is -2.19. The normalized spacial score (nSPS) is 24.1. The Morgan fingerprint density at radius 1 is 0.976 bits per heavy atom. The Kier molecular flexibility index (Phi) is 9.00. The lowest BCUT2D eigenvalue weighted by atomic mass is 9.69. The second-order valence-corrected chi connectivity index (χ2v) is 11.2. The van der Waals surface area contributed by atoms with Gasteiger partial charge in [-0.05, 0) is 72.1 Å². The van der Waals surface area contributed by atoms with Crippen molar-refractivity contribution in [2.24, 2.45) is 17.8 Å². The van der Waals surface area contributed by atoms with Crippen LogP contribution < -0.4 is 0 Å². The fraction of sp³-hybridized carbons (Fsp3) is 0.424. The summed E-state index contributed by atoms with van der Waals surface area (Å²) in [7, 11) is 0. The number of allylic oxidation sites excluding steroid dienone is 1. The number of rotatable bonds is 12. The number of unbranched alkanes of at least 4 members (excludes halogenated alkanes) is 2. The molecule has 2 saturated heterocycles. The summed E-state index contributed by atoms with van der Waals surface area (Å²) < 4.78 is 6.28. The van der Waals surface area contributed by atoms with Gasteiger partial charge in [0.25, 0.3) is 0 Å². The smallest absolute Gasteiger partial charge is 0.303 e. The number of nitrogens with zero attached hydrogens (tertiary/aromatic N) is 1. The summed E-state index contributed by atoms with van der Waals surface area (Å²) in [6, 6.07) is 17.2. The van der Waals surface area contributed by atoms with Crippen LogP contribution in [0.1, 0.15) is 56.1 Å². The molecule has 2 heterocycles. The van der Waals surface area contributed by atoms with E-state index in [9.17, 15) is 24.6 Å². The minimum atomic E-state index is -0.846. The highest BCUT2D eigenvalue weighted by molar-refractivity contribution is 6.06. The molecule has 0 radical (unpaired) electrons. The Labute approximate surface area is 239 Å². The molecule has 3 N–H and O–H groups in total. The zero-order chi connectivity index (χ0) is 28.9. The van der Waals surface area contributed by atoms with Crippen LogP contribution >= 0.6 is 0 Å². The van der Waals surface area contributed by atoms with Crippen molar-refractivity contribution >= 4 is 29.4 Å². The number of aliphatic hydroxyl groups excluding tert-OH is 1. The highest BCUT2D eigenvalue weighted by Crippen LogP contribution is 2.50. The molecule has 2 amide bonds. The average Bonchev–Trinajstić information content (AvgIpc) is 3.49. The van der Waals surface area contributed by atoms with Crippen LogP contribution in [0.4, 0.5) is 0 Å². The lowest BCUT2D eigenvalue weighted by Crippen LogP contribution is -2.35. The first-order valence-electron chi connectivity index (χ1n) is 14.4. The largest absolute Gasteiger partial charge is 0.508 e. The van der Waals surface area contributed by atoms with Crippen LogP contribution in [0.3, 0.4) is 0 Å². The molecule has 8 heteroatoms. The van der Waals surface area contributed by atoms with E-state index in [0.29, 0.717) is 51.7 Å². The minimum Gasteiger partial charge on any atom is -0.508 e. The monoisotopic (exact) mass is 559 g/mol. The molecule has 2 fully saturated rings. The van der Waals surface area contributed by atoms with Crippen molar-refractivity contribution in [3.05, 3.63) is 76.9 Å². The summed E-state index contributed by atoms with van der Waals surface area (Å²) in [5.41, 5.74) is 4.83. The molecule has 8 nitrogen and oxygen atoms in total. The number of carbonyl (C=O) groups is 3. The van der Waals surface area contributed by atoms with Crippen molar-refractivity contribution in [2.75, 3.05) is 19.8 Å². The quantitative estimate of drug-likeness (QED) is 0.149. The lowest BCUT2D eigenvalue weighted by molar-refractivity contribution is -0.141. The van der Waals surface area contributed by atoms with Gasteiger partial charge in [0.15, 0.2) is 0 Å². The molecule has 2 aliphatic heterocycles. The standard InChI is InChI=1S/C33H37NO7/c35-19-24-18-26-31(33(40)34(32(26)39)15-6-2-5-12-29(37)38)27-20-41-28(30(24)27)14-13-23(22-9-3-1-4-10-22)16-21-8-7-11-25(36)17-21/h1,3-4,7-11,16-17,26-28,31,35-36H,2,5-6,12-15,18-20H2,(H,37,38)/b23-16-/t26-,27+,28-,31-/m1/s1. The van der Waals surface area contributed by atoms with Gasteiger partial charge in [0.1, 0.15) is 5.75 Å². The number of ether oxygens (including phenoxy) is 1. The van der Waals surface area contributed by atoms with E-state index in [2.05, 4.69) is 18.2 Å². The Bertz CT molecular complexity index is 1350. The number of carboxylic acids is 1. The van der Waals surface area contributed by atoms with Crippen LogP contribution in [-0.4, -0.2) is 63.9 Å². The molecule has 41 heavy (non-hydrogen) atoms. The Hall–Kier alpha value is -3.75. The molecule has 2 aromatic carbocycles. The van der Waals surface area contributed by atoms with E-state index >= 15 is 0 Å². The molecule has 1 aliphatic carbocycles. The van der Waals surface area contributed by atoms with E-state index in [1.54, 1.807) is 12.1 Å². The molecule has 0 unspecified atom stereocenters. The van der Waals surface area contributed by atoms with Gasteiger partial charge in [0.05, 0.1) is 31.2 Å². The second-order valence-electron chi connectivity index (χ2n) is 11.2. The molecule has 2 aromatic rings. The van der Waals surface area contributed by atoms with E-state index in [0.717, 1.165) is 27.8 Å². The van der Waals surface area contributed by atoms with Gasteiger partial charge in [-0.15, -0.1) is 0 Å². The molecule has 4 atom stereocenters. The SMILES string of the molecule is O=C(O)CCCCCN1C(=O)[C@@H]2[C@@H](CC(CO)=C3[C@@H](CC/C(=C/c4cccc(O)c4)c4ccccc4)OC[C@@H]32)C1=O. The average molecular weight is 560 g/mol. The van der Waals surface area contributed by atoms with Crippen LogP contribution in [0, 0.1) is 17.8 Å². The highest BCUT2D eigenvalue weighted by atomic mass is 16.5. The summed E-state index contributed by atoms with van der Waals surface area (Å²) in [6.07, 6.45) is 5.31. The third-order valence-electron chi connectivity index (χ3n) is 8.59. The number of phenolic OH excluding ortho intramolecular Hbond substituents is 1. The Balaban J connectivity index is 1.31. The van der Waals surface area contributed by atoms with Gasteiger partial charge in [-0.2, -0.15) is 0 Å². The van der Waals surface area contributed by atoms with Crippen LogP contribution in [-0.2, 0) is 19.1 Å². The first kappa shape index (κ1) is 28.8. The van der Waals surface area contributed by atoms with Crippen molar-refractivity contribution in [1.82, 2.24) is 4.90 Å². The van der Waals surface area contributed by atoms with Crippen LogP contribution in [0.2, 0.25) is 0 Å². The third-order valence-corrected chi connectivity index (χ3v) is 8.59. The third kappa shape index (κ3) is 6.29. The van der Waals surface area contributed by atoms with E-state index in [-0.39, 0.29) is 42.6 Å². The number of aliphatic carboxylic acids is 1. The van der Waals surface area contributed by atoms with Crippen molar-refractivity contribution in [1.29, 1.82) is 0 Å². The molecule has 0 spiro atoms. The van der Waals surface area contributed by atoms with Crippen molar-refractivity contribution < 1.29 is 34.4 Å². The number of phenols is 1. The van der Waals surface area contributed by atoms with Gasteiger partial charge in [-0.25, -0.2) is 0 Å². The number of fused-ring (bicyclic) bond motifs is 3. The molecular formula is C33H37NO7. The number of benzene rings is 2. The maximum Gasteiger partial charge on any atom is 0.303 e. The second kappa shape index (κ2) is 12.8. The predicted octanol–water partition coefficient (Wildman–Crippen LogP) is 4.67. The molecule has 3 aliphatic rings. The van der Waals surface area contributed by atoms with Gasteiger partial charge >= 0.3 is 5.97 Å². The summed E-state index contributed by atoms with van der Waals surface area (Å²) in [6.45, 7) is 0.467. The van der Waals surface area contributed by atoms with E-state index < -0.39 is 17.8 Å². The highest BCUT2D eigenvalue weighted by Gasteiger charge is 2.56. The van der Waals surface area contributed by atoms with Gasteiger partial charge in [-0.3, -0.25) is 19.3 Å². The van der Waals surface area contributed by atoms with Crippen LogP contribution in [0.5, 0.6) is 5.75 Å². The molecule has 216 valence electrons. The predicted molar refractivity (Wildman–Crippen MR) is 153 cm³/mol. The zero-order valence-electron chi connectivity index (χ0n) is 23.1. The van der Waals surface area contributed by atoms with Crippen molar-refractivity contribution in [3.8, 4) is 5.75 Å². The number of hydrogen-bond acceptors (Lipinski definition) is 6. The first-order valence-corrected chi connectivity index (χ1v) is 14.4. The van der Waals surface area contributed by atoms with Crippen molar-refractivity contribution in [3.63, 3.8) is 0 Å². The Morgan fingerprint density at radius 2 is 1.78 bits per heavy atom. The number of aliphatic hydroxyl groups is 1. The minimum absolute atomic E-state index is 0.0794. The van der Waals surface area contributed by atoms with Gasteiger partial charge in [0.2, 0.25) is 11.8 Å². The molecule has 0 saturated carbocycles. The topological polar surface area (TPSA) is 124 Å². The van der Waals surface area contributed by atoms with E-state index in [1.165, 1.54) is 4.90 Å². The maximum absolute atomic E-state index is 13.5. The summed E-state index contributed by atoms with van der Waals surface area (Å²) in [5, 5.41) is 29.1.